The van der Waals surface area contributed by atoms with E-state index in [2.05, 4.69) is 6.92 Å². The zero-order chi connectivity index (χ0) is 7.19. The number of rotatable bonds is 3. The fourth-order valence-corrected chi connectivity index (χ4v) is 2.61. The maximum atomic E-state index is 5.61. The highest BCUT2D eigenvalue weighted by Gasteiger charge is 2.68. The second-order valence-corrected chi connectivity index (χ2v) is 4.06. The quantitative estimate of drug-likeness (QED) is 0.633. The third-order valence-corrected chi connectivity index (χ3v) is 3.48. The van der Waals surface area contributed by atoms with Gasteiger partial charge in [-0.3, -0.25) is 0 Å². The van der Waals surface area contributed by atoms with E-state index in [0.29, 0.717) is 0 Å². The molecule has 0 aliphatic heterocycles. The van der Waals surface area contributed by atoms with Gasteiger partial charge >= 0.3 is 0 Å². The van der Waals surface area contributed by atoms with Crippen molar-refractivity contribution in [3.05, 3.63) is 0 Å². The lowest BCUT2D eigenvalue weighted by atomic mass is 10.1. The van der Waals surface area contributed by atoms with Crippen LogP contribution in [0.3, 0.4) is 0 Å². The molecule has 0 heterocycles. The fraction of sp³-hybridized carbons (Fsp3) is 1.00. The summed E-state index contributed by atoms with van der Waals surface area (Å²) in [5, 5.41) is 0. The highest BCUT2D eigenvalue weighted by molar-refractivity contribution is 5.18. The summed E-state index contributed by atoms with van der Waals surface area (Å²) in [4.78, 5) is 0. The lowest BCUT2D eigenvalue weighted by Gasteiger charge is -1.92. The third kappa shape index (κ3) is 0.731. The molecule has 2 unspecified atom stereocenters. The highest BCUT2D eigenvalue weighted by Crippen LogP contribution is 2.75. The molecular weight excluding hydrogens is 122 g/mol. The van der Waals surface area contributed by atoms with E-state index in [9.17, 15) is 0 Å². The first-order valence-corrected chi connectivity index (χ1v) is 4.53. The molecule has 1 heteroatoms. The Morgan fingerprint density at radius 3 is 2.60 bits per heavy atom. The summed E-state index contributed by atoms with van der Waals surface area (Å²) in [6.45, 7) is 3.23. The molecule has 2 rings (SSSR count). The van der Waals surface area contributed by atoms with Crippen LogP contribution in [0.15, 0.2) is 0 Å². The highest BCUT2D eigenvalue weighted by atomic mass is 14.8. The minimum Gasteiger partial charge on any atom is -0.330 e. The Morgan fingerprint density at radius 2 is 2.10 bits per heavy atom. The van der Waals surface area contributed by atoms with Crippen molar-refractivity contribution in [2.75, 3.05) is 6.54 Å². The zero-order valence-electron chi connectivity index (χ0n) is 6.77. The van der Waals surface area contributed by atoms with E-state index >= 15 is 0 Å². The first-order valence-electron chi connectivity index (χ1n) is 4.53. The van der Waals surface area contributed by atoms with Crippen LogP contribution in [0.4, 0.5) is 0 Å². The number of hydrogen-bond acceptors (Lipinski definition) is 1. The lowest BCUT2D eigenvalue weighted by molar-refractivity contribution is 0.589. The van der Waals surface area contributed by atoms with Crippen LogP contribution in [0.5, 0.6) is 0 Å². The molecule has 2 N–H and O–H groups in total. The minimum absolute atomic E-state index is 0.810. The molecule has 0 radical (unpaired) electrons. The SMILES string of the molecule is CCC[C@H]1CC12CC2CN. The zero-order valence-corrected chi connectivity index (χ0v) is 6.77. The second-order valence-electron chi connectivity index (χ2n) is 4.06. The molecular formula is C9H17N. The summed E-state index contributed by atoms with van der Waals surface area (Å²) < 4.78 is 0. The molecule has 0 amide bonds. The van der Waals surface area contributed by atoms with Gasteiger partial charge in [-0.2, -0.15) is 0 Å². The van der Waals surface area contributed by atoms with E-state index in [-0.39, 0.29) is 0 Å². The van der Waals surface area contributed by atoms with Crippen LogP contribution in [-0.2, 0) is 0 Å². The first-order chi connectivity index (χ1) is 4.83. The molecule has 0 aromatic heterocycles. The molecule has 2 saturated carbocycles. The van der Waals surface area contributed by atoms with Crippen molar-refractivity contribution in [1.82, 2.24) is 0 Å². The van der Waals surface area contributed by atoms with Crippen molar-refractivity contribution < 1.29 is 0 Å². The average Bonchev–Trinajstić information content (AvgIpc) is 2.78. The van der Waals surface area contributed by atoms with E-state index in [1.54, 1.807) is 0 Å². The van der Waals surface area contributed by atoms with Crippen molar-refractivity contribution in [1.29, 1.82) is 0 Å². The van der Waals surface area contributed by atoms with E-state index in [1.807, 2.05) is 0 Å². The van der Waals surface area contributed by atoms with Crippen molar-refractivity contribution in [3.63, 3.8) is 0 Å². The predicted molar refractivity (Wildman–Crippen MR) is 42.6 cm³/mol. The molecule has 2 aliphatic rings. The van der Waals surface area contributed by atoms with Gasteiger partial charge in [-0.15, -0.1) is 0 Å². The fourth-order valence-electron chi connectivity index (χ4n) is 2.61. The first kappa shape index (κ1) is 6.66. The normalized spacial score (nSPS) is 49.8. The maximum Gasteiger partial charge on any atom is -0.00432 e. The maximum absolute atomic E-state index is 5.61. The van der Waals surface area contributed by atoms with Crippen LogP contribution >= 0.6 is 0 Å². The average molecular weight is 139 g/mol. The summed E-state index contributed by atoms with van der Waals surface area (Å²) in [6.07, 6.45) is 5.77. The van der Waals surface area contributed by atoms with Crippen molar-refractivity contribution in [2.24, 2.45) is 23.0 Å². The van der Waals surface area contributed by atoms with Gasteiger partial charge in [-0.05, 0) is 36.6 Å². The van der Waals surface area contributed by atoms with Crippen LogP contribution in [0.2, 0.25) is 0 Å². The lowest BCUT2D eigenvalue weighted by Crippen LogP contribution is -2.03. The van der Waals surface area contributed by atoms with Gasteiger partial charge in [0, 0.05) is 0 Å². The van der Waals surface area contributed by atoms with Crippen LogP contribution in [-0.4, -0.2) is 6.54 Å². The Labute approximate surface area is 63.0 Å². The number of hydrogen-bond donors (Lipinski definition) is 1. The molecule has 0 bridgehead atoms. The molecule has 0 aromatic carbocycles. The molecule has 58 valence electrons. The van der Waals surface area contributed by atoms with Crippen molar-refractivity contribution in [2.45, 2.75) is 32.6 Å². The van der Waals surface area contributed by atoms with Crippen molar-refractivity contribution >= 4 is 0 Å². The largest absolute Gasteiger partial charge is 0.330 e. The monoisotopic (exact) mass is 139 g/mol. The Morgan fingerprint density at radius 1 is 1.40 bits per heavy atom. The van der Waals surface area contributed by atoms with Gasteiger partial charge in [0.1, 0.15) is 0 Å². The van der Waals surface area contributed by atoms with Gasteiger partial charge in [-0.1, -0.05) is 19.8 Å². The molecule has 0 aromatic rings. The molecule has 2 aliphatic carbocycles. The summed E-state index contributed by atoms with van der Waals surface area (Å²) in [5.74, 6) is 2.00. The molecule has 3 atom stereocenters. The Hall–Kier alpha value is -0.0400. The Kier molecular flexibility index (Phi) is 1.31. The molecule has 10 heavy (non-hydrogen) atoms. The molecule has 0 saturated heterocycles. The van der Waals surface area contributed by atoms with Crippen LogP contribution in [0, 0.1) is 17.3 Å². The van der Waals surface area contributed by atoms with Gasteiger partial charge in [-0.25, -0.2) is 0 Å². The molecule has 1 spiro atoms. The number of nitrogens with two attached hydrogens (primary N) is 1. The summed E-state index contributed by atoms with van der Waals surface area (Å²) in [6, 6.07) is 0. The second kappa shape index (κ2) is 1.97. The summed E-state index contributed by atoms with van der Waals surface area (Å²) in [7, 11) is 0. The van der Waals surface area contributed by atoms with Gasteiger partial charge < -0.3 is 5.73 Å². The van der Waals surface area contributed by atoms with Crippen molar-refractivity contribution in [3.8, 4) is 0 Å². The van der Waals surface area contributed by atoms with Crippen LogP contribution in [0.1, 0.15) is 32.6 Å². The Bertz CT molecular complexity index is 144. The predicted octanol–water partition coefficient (Wildman–Crippen LogP) is 1.77. The molecule has 2 fully saturated rings. The van der Waals surface area contributed by atoms with Gasteiger partial charge in [0.25, 0.3) is 0 Å². The van der Waals surface area contributed by atoms with Crippen LogP contribution in [0.25, 0.3) is 0 Å². The van der Waals surface area contributed by atoms with Gasteiger partial charge in [0.05, 0.1) is 0 Å². The topological polar surface area (TPSA) is 26.0 Å². The molecule has 1 nitrogen and oxygen atoms in total. The summed E-state index contributed by atoms with van der Waals surface area (Å²) >= 11 is 0. The minimum atomic E-state index is 0.810. The standard InChI is InChI=1S/C9H17N/c1-2-3-7-4-9(7)5-8(9)6-10/h7-8H,2-6,10H2,1H3/t7-,8?,9?/m0/s1. The van der Waals surface area contributed by atoms with Crippen LogP contribution < -0.4 is 5.73 Å². The van der Waals surface area contributed by atoms with E-state index in [0.717, 1.165) is 23.8 Å². The third-order valence-electron chi connectivity index (χ3n) is 3.48. The Balaban J connectivity index is 1.80. The summed E-state index contributed by atoms with van der Waals surface area (Å²) in [5.41, 5.74) is 6.42. The van der Waals surface area contributed by atoms with E-state index in [4.69, 9.17) is 5.73 Å². The van der Waals surface area contributed by atoms with Gasteiger partial charge in [0.2, 0.25) is 0 Å². The smallest absolute Gasteiger partial charge is 0.00432 e. The van der Waals surface area contributed by atoms with Gasteiger partial charge in [0.15, 0.2) is 0 Å². The van der Waals surface area contributed by atoms with E-state index < -0.39 is 0 Å². The van der Waals surface area contributed by atoms with E-state index in [1.165, 1.54) is 25.7 Å².